The lowest BCUT2D eigenvalue weighted by molar-refractivity contribution is 0.417. The molecule has 2 N–H and O–H groups in total. The smallest absolute Gasteiger partial charge is 0.142 e. The molecule has 4 nitrogen and oxygen atoms in total. The lowest BCUT2D eigenvalue weighted by Crippen LogP contribution is -1.94. The summed E-state index contributed by atoms with van der Waals surface area (Å²) < 4.78 is 5.31. The molecule has 18 heavy (non-hydrogen) atoms. The van der Waals surface area contributed by atoms with Crippen molar-refractivity contribution in [3.8, 4) is 5.75 Å². The van der Waals surface area contributed by atoms with E-state index in [0.717, 1.165) is 28.0 Å². The van der Waals surface area contributed by atoms with Crippen LogP contribution in [0, 0.1) is 0 Å². The van der Waals surface area contributed by atoms with Gasteiger partial charge in [-0.2, -0.15) is 5.10 Å². The highest BCUT2D eigenvalue weighted by molar-refractivity contribution is 5.83. The van der Waals surface area contributed by atoms with Crippen LogP contribution in [0.25, 0.3) is 10.9 Å². The van der Waals surface area contributed by atoms with Crippen molar-refractivity contribution in [1.82, 2.24) is 10.2 Å². The number of fused-ring (bicyclic) bond motifs is 1. The monoisotopic (exact) mass is 239 g/mol. The third kappa shape index (κ3) is 1.88. The van der Waals surface area contributed by atoms with E-state index in [1.54, 1.807) is 7.11 Å². The topological polar surface area (TPSA) is 49.9 Å². The number of hydrogen-bond acceptors (Lipinski definition) is 3. The fourth-order valence-electron chi connectivity index (χ4n) is 1.92. The van der Waals surface area contributed by atoms with Crippen LogP contribution in [-0.4, -0.2) is 17.3 Å². The predicted molar refractivity (Wildman–Crippen MR) is 72.4 cm³/mol. The van der Waals surface area contributed by atoms with Crippen molar-refractivity contribution in [1.29, 1.82) is 0 Å². The minimum Gasteiger partial charge on any atom is -0.495 e. The van der Waals surface area contributed by atoms with Gasteiger partial charge in [-0.1, -0.05) is 12.1 Å². The summed E-state index contributed by atoms with van der Waals surface area (Å²) in [4.78, 5) is 0. The molecule has 0 bridgehead atoms. The Balaban J connectivity index is 1.95. The number of benzene rings is 2. The van der Waals surface area contributed by atoms with Crippen LogP contribution in [0.5, 0.6) is 5.75 Å². The van der Waals surface area contributed by atoms with Crippen LogP contribution in [0.2, 0.25) is 0 Å². The number of nitrogens with one attached hydrogen (secondary N) is 2. The fourth-order valence-corrected chi connectivity index (χ4v) is 1.92. The van der Waals surface area contributed by atoms with Crippen LogP contribution in [-0.2, 0) is 0 Å². The Kier molecular flexibility index (Phi) is 2.61. The predicted octanol–water partition coefficient (Wildman–Crippen LogP) is 3.32. The van der Waals surface area contributed by atoms with Crippen molar-refractivity contribution >= 4 is 22.3 Å². The zero-order chi connectivity index (χ0) is 12.4. The van der Waals surface area contributed by atoms with Crippen LogP contribution >= 0.6 is 0 Å². The van der Waals surface area contributed by atoms with Crippen molar-refractivity contribution in [2.75, 3.05) is 12.4 Å². The second-order valence-electron chi connectivity index (χ2n) is 4.00. The maximum Gasteiger partial charge on any atom is 0.142 e. The van der Waals surface area contributed by atoms with Gasteiger partial charge in [0.05, 0.1) is 24.5 Å². The summed E-state index contributed by atoms with van der Waals surface area (Å²) in [6, 6.07) is 13.9. The van der Waals surface area contributed by atoms with E-state index < -0.39 is 0 Å². The number of anilines is 2. The maximum absolute atomic E-state index is 5.31. The molecule has 0 unspecified atom stereocenters. The Morgan fingerprint density at radius 2 is 2.06 bits per heavy atom. The first-order chi connectivity index (χ1) is 8.86. The average molecular weight is 239 g/mol. The molecule has 1 heterocycles. The van der Waals surface area contributed by atoms with Gasteiger partial charge in [-0.05, 0) is 30.3 Å². The number of para-hydroxylation sites is 2. The quantitative estimate of drug-likeness (QED) is 0.737. The highest BCUT2D eigenvalue weighted by atomic mass is 16.5. The number of rotatable bonds is 3. The molecule has 0 amide bonds. The van der Waals surface area contributed by atoms with E-state index in [1.807, 2.05) is 48.7 Å². The lowest BCUT2D eigenvalue weighted by atomic mass is 10.2. The minimum absolute atomic E-state index is 0.821. The standard InChI is InChI=1S/C14H13N3O/c1-18-14-5-3-2-4-12(14)16-11-7-6-10-9-15-17-13(10)8-11/h2-9,16H,1H3,(H,15,17). The number of H-pyrrole nitrogens is 1. The van der Waals surface area contributed by atoms with Crippen molar-refractivity contribution in [2.45, 2.75) is 0 Å². The van der Waals surface area contributed by atoms with Crippen molar-refractivity contribution in [3.05, 3.63) is 48.7 Å². The Bertz CT molecular complexity index is 675. The number of hydrogen-bond donors (Lipinski definition) is 2. The zero-order valence-corrected chi connectivity index (χ0v) is 9.97. The molecular weight excluding hydrogens is 226 g/mol. The van der Waals surface area contributed by atoms with Gasteiger partial charge >= 0.3 is 0 Å². The number of aromatic nitrogens is 2. The van der Waals surface area contributed by atoms with Crippen LogP contribution in [0.3, 0.4) is 0 Å². The molecule has 0 aliphatic carbocycles. The number of nitrogens with zero attached hydrogens (tertiary/aromatic N) is 1. The average Bonchev–Trinajstić information content (AvgIpc) is 2.87. The third-order valence-corrected chi connectivity index (χ3v) is 2.83. The van der Waals surface area contributed by atoms with Gasteiger partial charge in [0, 0.05) is 11.1 Å². The molecular formula is C14H13N3O. The van der Waals surface area contributed by atoms with E-state index in [1.165, 1.54) is 0 Å². The Hall–Kier alpha value is -2.49. The van der Waals surface area contributed by atoms with Gasteiger partial charge in [0.2, 0.25) is 0 Å². The molecule has 0 aliphatic heterocycles. The van der Waals surface area contributed by atoms with E-state index in [-0.39, 0.29) is 0 Å². The molecule has 0 saturated heterocycles. The van der Waals surface area contributed by atoms with Gasteiger partial charge in [-0.3, -0.25) is 5.10 Å². The van der Waals surface area contributed by atoms with Crippen LogP contribution < -0.4 is 10.1 Å². The van der Waals surface area contributed by atoms with Crippen molar-refractivity contribution < 1.29 is 4.74 Å². The molecule has 1 aromatic heterocycles. The van der Waals surface area contributed by atoms with Gasteiger partial charge in [0.1, 0.15) is 5.75 Å². The first kappa shape index (κ1) is 10.7. The van der Waals surface area contributed by atoms with Gasteiger partial charge in [-0.25, -0.2) is 0 Å². The molecule has 3 rings (SSSR count). The number of methoxy groups -OCH3 is 1. The van der Waals surface area contributed by atoms with Gasteiger partial charge < -0.3 is 10.1 Å². The highest BCUT2D eigenvalue weighted by Crippen LogP contribution is 2.28. The molecule has 90 valence electrons. The third-order valence-electron chi connectivity index (χ3n) is 2.83. The van der Waals surface area contributed by atoms with Crippen LogP contribution in [0.15, 0.2) is 48.7 Å². The van der Waals surface area contributed by atoms with E-state index in [0.29, 0.717) is 0 Å². The summed E-state index contributed by atoms with van der Waals surface area (Å²) >= 11 is 0. The Morgan fingerprint density at radius 1 is 1.17 bits per heavy atom. The highest BCUT2D eigenvalue weighted by Gasteiger charge is 2.03. The second kappa shape index (κ2) is 4.41. The molecule has 0 atom stereocenters. The summed E-state index contributed by atoms with van der Waals surface area (Å²) in [7, 11) is 1.67. The summed E-state index contributed by atoms with van der Waals surface area (Å²) in [5.74, 6) is 0.821. The van der Waals surface area contributed by atoms with Crippen LogP contribution in [0.4, 0.5) is 11.4 Å². The summed E-state index contributed by atoms with van der Waals surface area (Å²) in [5, 5.41) is 11.4. The Labute approximate surface area is 105 Å². The van der Waals surface area contributed by atoms with Crippen LogP contribution in [0.1, 0.15) is 0 Å². The normalized spacial score (nSPS) is 10.5. The number of ether oxygens (including phenoxy) is 1. The summed E-state index contributed by atoms with van der Waals surface area (Å²) in [5.41, 5.74) is 2.95. The molecule has 4 heteroatoms. The zero-order valence-electron chi connectivity index (χ0n) is 9.97. The van der Waals surface area contributed by atoms with E-state index in [4.69, 9.17) is 4.74 Å². The van der Waals surface area contributed by atoms with E-state index in [9.17, 15) is 0 Å². The van der Waals surface area contributed by atoms with Gasteiger partial charge in [-0.15, -0.1) is 0 Å². The van der Waals surface area contributed by atoms with Gasteiger partial charge in [0.15, 0.2) is 0 Å². The van der Waals surface area contributed by atoms with Crippen molar-refractivity contribution in [3.63, 3.8) is 0 Å². The Morgan fingerprint density at radius 3 is 2.94 bits per heavy atom. The van der Waals surface area contributed by atoms with E-state index in [2.05, 4.69) is 15.5 Å². The first-order valence-electron chi connectivity index (χ1n) is 5.70. The minimum atomic E-state index is 0.821. The summed E-state index contributed by atoms with van der Waals surface area (Å²) in [6.07, 6.45) is 1.81. The molecule has 2 aromatic carbocycles. The second-order valence-corrected chi connectivity index (χ2v) is 4.00. The molecule has 0 fully saturated rings. The summed E-state index contributed by atoms with van der Waals surface area (Å²) in [6.45, 7) is 0. The maximum atomic E-state index is 5.31. The SMILES string of the molecule is COc1ccccc1Nc1ccc2cn[nH]c2c1. The van der Waals surface area contributed by atoms with Crippen molar-refractivity contribution in [2.24, 2.45) is 0 Å². The first-order valence-corrected chi connectivity index (χ1v) is 5.70. The van der Waals surface area contributed by atoms with Gasteiger partial charge in [0.25, 0.3) is 0 Å². The number of aromatic amines is 1. The molecule has 0 radical (unpaired) electrons. The molecule has 0 saturated carbocycles. The molecule has 0 spiro atoms. The fraction of sp³-hybridized carbons (Fsp3) is 0.0714. The molecule has 3 aromatic rings. The lowest BCUT2D eigenvalue weighted by Gasteiger charge is -2.10. The largest absolute Gasteiger partial charge is 0.495 e. The molecule has 0 aliphatic rings. The van der Waals surface area contributed by atoms with E-state index >= 15 is 0 Å².